The number of rotatable bonds is 10. The fraction of sp³-hybridized carbons (Fsp3) is 0.395. The van der Waals surface area contributed by atoms with E-state index in [0.717, 1.165) is 0 Å². The minimum absolute atomic E-state index is 0.0302. The number of cyclic esters (lactones) is 1. The maximum atomic E-state index is 13.7. The fourth-order valence-electron chi connectivity index (χ4n) is 5.99. The highest BCUT2D eigenvalue weighted by Gasteiger charge is 2.32. The summed E-state index contributed by atoms with van der Waals surface area (Å²) in [4.78, 5) is 39.4. The summed E-state index contributed by atoms with van der Waals surface area (Å²) in [7, 11) is 4.29. The number of aliphatic hydroxyl groups is 1. The monoisotopic (exact) mass is 691 g/mol. The number of aliphatic hydroxyl groups excluding tert-OH is 1. The van der Waals surface area contributed by atoms with Crippen molar-refractivity contribution < 1.29 is 53.8 Å². The summed E-state index contributed by atoms with van der Waals surface area (Å²) in [6.07, 6.45) is 4.28. The summed E-state index contributed by atoms with van der Waals surface area (Å²) in [6, 6.07) is 10.4. The molecular formula is C38H45NO11. The van der Waals surface area contributed by atoms with Crippen LogP contribution in [0.2, 0.25) is 0 Å². The van der Waals surface area contributed by atoms with Crippen LogP contribution >= 0.6 is 0 Å². The van der Waals surface area contributed by atoms with E-state index < -0.39 is 41.5 Å². The molecule has 50 heavy (non-hydrogen) atoms. The number of aromatic hydroxyl groups is 3. The average Bonchev–Trinajstić information content (AvgIpc) is 3.09. The first-order chi connectivity index (χ1) is 24.0. The molecule has 0 saturated carbocycles. The Balaban J connectivity index is 1.81. The van der Waals surface area contributed by atoms with Gasteiger partial charge in [-0.25, -0.2) is 4.79 Å². The summed E-state index contributed by atoms with van der Waals surface area (Å²) < 4.78 is 22.3. The third kappa shape index (κ3) is 9.26. The number of benzene rings is 3. The molecule has 1 amide bonds. The number of fused-ring (bicyclic) bond motifs is 1. The van der Waals surface area contributed by atoms with Gasteiger partial charge in [-0.15, -0.1) is 0 Å². The van der Waals surface area contributed by atoms with Crippen molar-refractivity contribution in [1.29, 1.82) is 0 Å². The summed E-state index contributed by atoms with van der Waals surface area (Å²) in [5.41, 5.74) is 0.751. The molecular weight excluding hydrogens is 646 g/mol. The van der Waals surface area contributed by atoms with Crippen molar-refractivity contribution in [3.63, 3.8) is 0 Å². The minimum Gasteiger partial charge on any atom is -0.508 e. The van der Waals surface area contributed by atoms with E-state index in [2.05, 4.69) is 5.32 Å². The Morgan fingerprint density at radius 1 is 0.940 bits per heavy atom. The zero-order valence-electron chi connectivity index (χ0n) is 28.7. The lowest BCUT2D eigenvalue weighted by Gasteiger charge is -2.24. The Bertz CT molecular complexity index is 1670. The first-order valence-electron chi connectivity index (χ1n) is 16.5. The van der Waals surface area contributed by atoms with Crippen LogP contribution < -0.4 is 19.5 Å². The second-order valence-corrected chi connectivity index (χ2v) is 12.2. The van der Waals surface area contributed by atoms with E-state index in [4.69, 9.17) is 18.9 Å². The van der Waals surface area contributed by atoms with Crippen molar-refractivity contribution >= 4 is 23.7 Å². The smallest absolute Gasteiger partial charge is 0.342 e. The Morgan fingerprint density at radius 3 is 2.24 bits per heavy atom. The Labute approximate surface area is 291 Å². The van der Waals surface area contributed by atoms with Gasteiger partial charge < -0.3 is 44.7 Å². The zero-order chi connectivity index (χ0) is 36.4. The fourth-order valence-corrected chi connectivity index (χ4v) is 5.99. The number of allylic oxidation sites excluding steroid dienone is 1. The van der Waals surface area contributed by atoms with E-state index >= 15 is 0 Å². The van der Waals surface area contributed by atoms with E-state index in [0.29, 0.717) is 49.7 Å². The molecule has 1 heterocycles. The molecule has 0 bridgehead atoms. The van der Waals surface area contributed by atoms with Gasteiger partial charge in [0.2, 0.25) is 11.7 Å². The number of phenols is 3. The van der Waals surface area contributed by atoms with E-state index in [1.165, 1.54) is 51.7 Å². The first kappa shape index (κ1) is 37.6. The van der Waals surface area contributed by atoms with Gasteiger partial charge in [0.05, 0.1) is 33.5 Å². The van der Waals surface area contributed by atoms with Crippen LogP contribution in [0.25, 0.3) is 6.08 Å². The zero-order valence-corrected chi connectivity index (χ0v) is 28.7. The largest absolute Gasteiger partial charge is 0.508 e. The lowest BCUT2D eigenvalue weighted by Crippen LogP contribution is -2.30. The van der Waals surface area contributed by atoms with Gasteiger partial charge >= 0.3 is 5.97 Å². The molecule has 3 atom stereocenters. The second kappa shape index (κ2) is 17.4. The minimum atomic E-state index is -1.09. The van der Waals surface area contributed by atoms with Crippen LogP contribution in [-0.2, 0) is 14.3 Å². The van der Waals surface area contributed by atoms with Crippen molar-refractivity contribution in [3.05, 3.63) is 76.4 Å². The quantitative estimate of drug-likeness (QED) is 0.165. The normalized spacial score (nSPS) is 16.7. The third-order valence-electron chi connectivity index (χ3n) is 8.65. The van der Waals surface area contributed by atoms with Crippen LogP contribution in [0, 0.1) is 0 Å². The van der Waals surface area contributed by atoms with Gasteiger partial charge in [-0.05, 0) is 79.6 Å². The molecule has 12 nitrogen and oxygen atoms in total. The molecule has 4 rings (SSSR count). The van der Waals surface area contributed by atoms with Crippen LogP contribution in [0.4, 0.5) is 0 Å². The number of amides is 1. The Hall–Kier alpha value is -5.23. The SMILES string of the molecule is COc1cc(C(CC(=O)NCC(O)c2ccc(O)cc2)c2c(O)cc3c(c2O)C(=O)OC(C)CCCC(=O)CCCC=C3)cc(OC)c1OC. The van der Waals surface area contributed by atoms with Crippen molar-refractivity contribution in [2.75, 3.05) is 27.9 Å². The van der Waals surface area contributed by atoms with Crippen molar-refractivity contribution in [2.45, 2.75) is 70.0 Å². The number of phenolic OH excluding ortho intramolecular Hbond substituents is 3. The molecule has 5 N–H and O–H groups in total. The number of ketones is 1. The first-order valence-corrected chi connectivity index (χ1v) is 16.5. The number of carbonyl (C=O) groups excluding carboxylic acids is 3. The predicted octanol–water partition coefficient (Wildman–Crippen LogP) is 5.68. The van der Waals surface area contributed by atoms with E-state index in [1.54, 1.807) is 31.2 Å². The molecule has 0 aromatic heterocycles. The van der Waals surface area contributed by atoms with E-state index in [9.17, 15) is 34.8 Å². The maximum absolute atomic E-state index is 13.7. The van der Waals surface area contributed by atoms with Crippen molar-refractivity contribution in [1.82, 2.24) is 5.32 Å². The topological polar surface area (TPSA) is 181 Å². The molecule has 0 spiro atoms. The third-order valence-corrected chi connectivity index (χ3v) is 8.65. The summed E-state index contributed by atoms with van der Waals surface area (Å²) in [5, 5.41) is 46.3. The van der Waals surface area contributed by atoms with Crippen LogP contribution in [-0.4, -0.2) is 72.1 Å². The Kier molecular flexibility index (Phi) is 13.1. The number of carbonyl (C=O) groups is 3. The summed E-state index contributed by atoms with van der Waals surface area (Å²) in [6.45, 7) is 1.53. The van der Waals surface area contributed by atoms with Gasteiger partial charge in [0, 0.05) is 37.3 Å². The second-order valence-electron chi connectivity index (χ2n) is 12.2. The van der Waals surface area contributed by atoms with Crippen molar-refractivity contribution in [2.24, 2.45) is 0 Å². The molecule has 0 aliphatic carbocycles. The molecule has 3 unspecified atom stereocenters. The highest BCUT2D eigenvalue weighted by molar-refractivity contribution is 5.98. The van der Waals surface area contributed by atoms with Crippen LogP contribution in [0.5, 0.6) is 34.5 Å². The van der Waals surface area contributed by atoms with Gasteiger partial charge in [0.25, 0.3) is 0 Å². The van der Waals surface area contributed by atoms with E-state index in [1.807, 2.05) is 0 Å². The van der Waals surface area contributed by atoms with Crippen LogP contribution in [0.15, 0.2) is 48.5 Å². The number of hydrogen-bond acceptors (Lipinski definition) is 11. The molecule has 0 saturated heterocycles. The molecule has 3 aromatic rings. The van der Waals surface area contributed by atoms with Crippen LogP contribution in [0.1, 0.15) is 96.5 Å². The Morgan fingerprint density at radius 2 is 1.60 bits per heavy atom. The van der Waals surface area contributed by atoms with Gasteiger partial charge in [0.15, 0.2) is 11.5 Å². The highest BCUT2D eigenvalue weighted by Crippen LogP contribution is 2.47. The van der Waals surface area contributed by atoms with Crippen molar-refractivity contribution in [3.8, 4) is 34.5 Å². The average molecular weight is 692 g/mol. The molecule has 268 valence electrons. The number of esters is 1. The number of ether oxygens (including phenoxy) is 4. The van der Waals surface area contributed by atoms with Gasteiger partial charge in [-0.1, -0.05) is 24.3 Å². The number of Topliss-reactive ketones (excluding diaryl/α,β-unsaturated/α-hetero) is 1. The lowest BCUT2D eigenvalue weighted by molar-refractivity contribution is -0.122. The molecule has 12 heteroatoms. The maximum Gasteiger partial charge on any atom is 0.342 e. The lowest BCUT2D eigenvalue weighted by atomic mass is 9.84. The van der Waals surface area contributed by atoms with Gasteiger partial charge in [-0.2, -0.15) is 0 Å². The predicted molar refractivity (Wildman–Crippen MR) is 185 cm³/mol. The highest BCUT2D eigenvalue weighted by atomic mass is 16.5. The van der Waals surface area contributed by atoms with Crippen LogP contribution in [0.3, 0.4) is 0 Å². The molecule has 3 aromatic carbocycles. The molecule has 0 radical (unpaired) electrons. The molecule has 1 aliphatic heterocycles. The van der Waals surface area contributed by atoms with E-state index in [-0.39, 0.29) is 58.4 Å². The standard InChI is InChI=1S/C38H45NO11/c1-22-9-8-12-26(40)11-7-5-6-10-24-17-29(42)35(36(45)34(24)38(46)50-22)28(25-18-31(47-2)37(49-4)32(19-25)48-3)20-33(44)39-21-30(43)23-13-15-27(41)16-14-23/h6,10,13-19,22,28,30,41-43,45H,5,7-9,11-12,20-21H2,1-4H3,(H,39,44). The molecule has 1 aliphatic rings. The van der Waals surface area contributed by atoms with Gasteiger partial charge in [0.1, 0.15) is 28.6 Å². The molecule has 0 fully saturated rings. The number of methoxy groups -OCH3 is 3. The number of hydrogen-bond donors (Lipinski definition) is 5. The summed E-state index contributed by atoms with van der Waals surface area (Å²) in [5.74, 6) is -2.46. The number of nitrogens with one attached hydrogen (secondary N) is 1. The van der Waals surface area contributed by atoms with Gasteiger partial charge in [-0.3, -0.25) is 9.59 Å². The summed E-state index contributed by atoms with van der Waals surface area (Å²) >= 11 is 0.